The van der Waals surface area contributed by atoms with E-state index in [1.54, 1.807) is 7.05 Å². The zero-order valence-electron chi connectivity index (χ0n) is 12.6. The molecule has 0 aromatic rings. The van der Waals surface area contributed by atoms with Gasteiger partial charge in [-0.3, -0.25) is 9.59 Å². The SMILES string of the molecule is CC.CC(=O)CCCC(=O)N(C)CC(=O)C(C)C. The van der Waals surface area contributed by atoms with Crippen LogP contribution < -0.4 is 0 Å². The summed E-state index contributed by atoms with van der Waals surface area (Å²) in [7, 11) is 1.62. The first-order chi connectivity index (χ1) is 8.34. The highest BCUT2D eigenvalue weighted by Crippen LogP contribution is 2.02. The Hall–Kier alpha value is -1.19. The summed E-state index contributed by atoms with van der Waals surface area (Å²) < 4.78 is 0. The lowest BCUT2D eigenvalue weighted by Crippen LogP contribution is -2.33. The van der Waals surface area contributed by atoms with Crippen molar-refractivity contribution in [3.8, 4) is 0 Å². The maximum atomic E-state index is 11.5. The summed E-state index contributed by atoms with van der Waals surface area (Å²) in [6.07, 6.45) is 1.33. The lowest BCUT2D eigenvalue weighted by Gasteiger charge is -2.17. The molecule has 0 saturated heterocycles. The standard InChI is InChI=1S/C12H21NO3.C2H6/c1-9(2)11(15)8-13(4)12(16)7-5-6-10(3)14;1-2/h9H,5-8H2,1-4H3;1-2H3. The number of hydrogen-bond donors (Lipinski definition) is 0. The summed E-state index contributed by atoms with van der Waals surface area (Å²) in [6.45, 7) is 9.31. The molecule has 0 radical (unpaired) electrons. The van der Waals surface area contributed by atoms with Crippen molar-refractivity contribution in [3.63, 3.8) is 0 Å². The van der Waals surface area contributed by atoms with Gasteiger partial charge in [0, 0.05) is 25.8 Å². The summed E-state index contributed by atoms with van der Waals surface area (Å²) in [4.78, 5) is 35.1. The molecule has 0 N–H and O–H groups in total. The molecular weight excluding hydrogens is 230 g/mol. The molecule has 106 valence electrons. The van der Waals surface area contributed by atoms with Crippen LogP contribution >= 0.6 is 0 Å². The van der Waals surface area contributed by atoms with E-state index in [1.165, 1.54) is 11.8 Å². The predicted molar refractivity (Wildman–Crippen MR) is 73.4 cm³/mol. The van der Waals surface area contributed by atoms with Gasteiger partial charge in [-0.2, -0.15) is 0 Å². The predicted octanol–water partition coefficient (Wildman–Crippen LogP) is 2.46. The van der Waals surface area contributed by atoms with E-state index in [1.807, 2.05) is 27.7 Å². The zero-order valence-corrected chi connectivity index (χ0v) is 12.6. The maximum absolute atomic E-state index is 11.5. The Bertz CT molecular complexity index is 272. The van der Waals surface area contributed by atoms with Gasteiger partial charge in [-0.25, -0.2) is 0 Å². The second-order valence-corrected chi connectivity index (χ2v) is 4.43. The smallest absolute Gasteiger partial charge is 0.222 e. The lowest BCUT2D eigenvalue weighted by atomic mass is 10.1. The molecule has 0 saturated carbocycles. The Morgan fingerprint density at radius 3 is 1.94 bits per heavy atom. The van der Waals surface area contributed by atoms with Gasteiger partial charge in [0.15, 0.2) is 5.78 Å². The summed E-state index contributed by atoms with van der Waals surface area (Å²) in [6, 6.07) is 0. The molecule has 18 heavy (non-hydrogen) atoms. The average molecular weight is 257 g/mol. The van der Waals surface area contributed by atoms with Crippen molar-refractivity contribution >= 4 is 17.5 Å². The van der Waals surface area contributed by atoms with Crippen LogP contribution in [0.15, 0.2) is 0 Å². The third-order valence-corrected chi connectivity index (χ3v) is 2.38. The summed E-state index contributed by atoms with van der Waals surface area (Å²) in [5, 5.41) is 0. The van der Waals surface area contributed by atoms with Gasteiger partial charge in [0.05, 0.1) is 6.54 Å². The van der Waals surface area contributed by atoms with Crippen molar-refractivity contribution in [2.75, 3.05) is 13.6 Å². The minimum atomic E-state index is -0.0738. The van der Waals surface area contributed by atoms with Crippen LogP contribution in [0.3, 0.4) is 0 Å². The minimum Gasteiger partial charge on any atom is -0.338 e. The van der Waals surface area contributed by atoms with Crippen LogP contribution in [-0.2, 0) is 14.4 Å². The molecule has 0 aromatic heterocycles. The van der Waals surface area contributed by atoms with Crippen LogP contribution in [0.1, 0.15) is 53.9 Å². The van der Waals surface area contributed by atoms with Crippen molar-refractivity contribution in [3.05, 3.63) is 0 Å². The van der Waals surface area contributed by atoms with E-state index < -0.39 is 0 Å². The van der Waals surface area contributed by atoms with E-state index in [9.17, 15) is 14.4 Å². The fraction of sp³-hybridized carbons (Fsp3) is 0.786. The number of nitrogens with zero attached hydrogens (tertiary/aromatic N) is 1. The quantitative estimate of drug-likeness (QED) is 0.704. The second-order valence-electron chi connectivity index (χ2n) is 4.43. The van der Waals surface area contributed by atoms with Crippen molar-refractivity contribution < 1.29 is 14.4 Å². The van der Waals surface area contributed by atoms with E-state index in [0.29, 0.717) is 19.3 Å². The Morgan fingerprint density at radius 2 is 1.56 bits per heavy atom. The van der Waals surface area contributed by atoms with Crippen LogP contribution in [0.4, 0.5) is 0 Å². The number of hydrogen-bond acceptors (Lipinski definition) is 3. The Balaban J connectivity index is 0. The molecule has 0 aromatic carbocycles. The van der Waals surface area contributed by atoms with Crippen LogP contribution in [0, 0.1) is 5.92 Å². The monoisotopic (exact) mass is 257 g/mol. The van der Waals surface area contributed by atoms with Crippen LogP contribution in [0.2, 0.25) is 0 Å². The van der Waals surface area contributed by atoms with Gasteiger partial charge in [-0.1, -0.05) is 27.7 Å². The molecule has 0 aliphatic carbocycles. The number of carbonyl (C=O) groups is 3. The number of carbonyl (C=O) groups excluding carboxylic acids is 3. The molecule has 1 amide bonds. The molecule has 0 fully saturated rings. The van der Waals surface area contributed by atoms with Gasteiger partial charge in [0.25, 0.3) is 0 Å². The van der Waals surface area contributed by atoms with E-state index >= 15 is 0 Å². The number of Topliss-reactive ketones (excluding diaryl/α,β-unsaturated/α-hetero) is 2. The molecule has 0 unspecified atom stereocenters. The van der Waals surface area contributed by atoms with Crippen molar-refractivity contribution in [2.24, 2.45) is 5.92 Å². The maximum Gasteiger partial charge on any atom is 0.222 e. The molecule has 0 heterocycles. The van der Waals surface area contributed by atoms with Gasteiger partial charge in [0.1, 0.15) is 5.78 Å². The zero-order chi connectivity index (χ0) is 14.7. The Labute approximate surface area is 111 Å². The summed E-state index contributed by atoms with van der Waals surface area (Å²) in [5.74, 6) is 0.0267. The molecule has 0 atom stereocenters. The average Bonchev–Trinajstić information content (AvgIpc) is 2.30. The third-order valence-electron chi connectivity index (χ3n) is 2.38. The molecule has 0 bridgehead atoms. The molecule has 0 rings (SSSR count). The van der Waals surface area contributed by atoms with Crippen LogP contribution in [-0.4, -0.2) is 36.0 Å². The van der Waals surface area contributed by atoms with Crippen LogP contribution in [0.25, 0.3) is 0 Å². The van der Waals surface area contributed by atoms with Crippen molar-refractivity contribution in [1.29, 1.82) is 0 Å². The van der Waals surface area contributed by atoms with Gasteiger partial charge >= 0.3 is 0 Å². The Kier molecular flexibility index (Phi) is 11.6. The number of rotatable bonds is 7. The van der Waals surface area contributed by atoms with Gasteiger partial charge in [0.2, 0.25) is 5.91 Å². The normalized spacial score (nSPS) is 9.50. The first kappa shape index (κ1) is 19.2. The third kappa shape index (κ3) is 10.00. The number of ketones is 2. The second kappa shape index (κ2) is 10.9. The summed E-state index contributed by atoms with van der Waals surface area (Å²) in [5.41, 5.74) is 0. The highest BCUT2D eigenvalue weighted by molar-refractivity contribution is 5.87. The van der Waals surface area contributed by atoms with E-state index in [4.69, 9.17) is 0 Å². The fourth-order valence-corrected chi connectivity index (χ4v) is 1.18. The van der Waals surface area contributed by atoms with E-state index in [0.717, 1.165) is 0 Å². The Morgan fingerprint density at radius 1 is 1.06 bits per heavy atom. The summed E-state index contributed by atoms with van der Waals surface area (Å²) >= 11 is 0. The molecule has 4 nitrogen and oxygen atoms in total. The molecule has 0 aliphatic heterocycles. The van der Waals surface area contributed by atoms with Crippen molar-refractivity contribution in [1.82, 2.24) is 4.90 Å². The topological polar surface area (TPSA) is 54.5 Å². The molecule has 0 spiro atoms. The highest BCUT2D eigenvalue weighted by Gasteiger charge is 2.14. The van der Waals surface area contributed by atoms with Crippen molar-refractivity contribution in [2.45, 2.75) is 53.9 Å². The molecule has 4 heteroatoms. The van der Waals surface area contributed by atoms with E-state index in [-0.39, 0.29) is 29.9 Å². The van der Waals surface area contributed by atoms with Gasteiger partial charge < -0.3 is 9.69 Å². The first-order valence-corrected chi connectivity index (χ1v) is 6.60. The lowest BCUT2D eigenvalue weighted by molar-refractivity contribution is -0.135. The van der Waals surface area contributed by atoms with Crippen LogP contribution in [0.5, 0.6) is 0 Å². The fourth-order valence-electron chi connectivity index (χ4n) is 1.18. The van der Waals surface area contributed by atoms with E-state index in [2.05, 4.69) is 0 Å². The molecular formula is C14H27NO3. The van der Waals surface area contributed by atoms with Gasteiger partial charge in [-0.15, -0.1) is 0 Å². The van der Waals surface area contributed by atoms with Gasteiger partial charge in [-0.05, 0) is 13.3 Å². The first-order valence-electron chi connectivity index (χ1n) is 6.60. The minimum absolute atomic E-state index is 0.0486. The highest BCUT2D eigenvalue weighted by atomic mass is 16.2. The largest absolute Gasteiger partial charge is 0.338 e. The number of amides is 1. The number of likely N-dealkylation sites (N-methyl/N-ethyl adjacent to an activating group) is 1. The molecule has 0 aliphatic rings.